The monoisotopic (exact) mass is 245 g/mol. The third-order valence-corrected chi connectivity index (χ3v) is 2.97. The van der Waals surface area contributed by atoms with Gasteiger partial charge in [0.05, 0.1) is 0 Å². The predicted molar refractivity (Wildman–Crippen MR) is 68.0 cm³/mol. The minimum absolute atomic E-state index is 0.665. The van der Waals surface area contributed by atoms with Gasteiger partial charge in [-0.3, -0.25) is 0 Å². The molecule has 0 spiro atoms. The zero-order valence-electron chi connectivity index (χ0n) is 10.3. The van der Waals surface area contributed by atoms with Gasteiger partial charge in [0.25, 0.3) is 0 Å². The second-order valence-electron chi connectivity index (χ2n) is 4.40. The standard InChI is InChI=1S/C12H15N5O/c1-9-6-11(16-18-9)15-10-7-12(14-8-13-10)17-4-2-3-5-17/h6-8H,2-5H2,1H3,(H,13,14,15,16). The van der Waals surface area contributed by atoms with Crippen LogP contribution in [0.1, 0.15) is 18.6 Å². The summed E-state index contributed by atoms with van der Waals surface area (Å²) in [6.07, 6.45) is 4.04. The topological polar surface area (TPSA) is 67.1 Å². The van der Waals surface area contributed by atoms with Crippen LogP contribution in [-0.4, -0.2) is 28.2 Å². The van der Waals surface area contributed by atoms with Gasteiger partial charge in [-0.2, -0.15) is 0 Å². The molecule has 0 aliphatic carbocycles. The van der Waals surface area contributed by atoms with E-state index in [1.807, 2.05) is 19.1 Å². The molecule has 3 rings (SSSR count). The van der Waals surface area contributed by atoms with Crippen molar-refractivity contribution in [2.24, 2.45) is 0 Å². The van der Waals surface area contributed by atoms with E-state index < -0.39 is 0 Å². The van der Waals surface area contributed by atoms with Crippen LogP contribution in [0.15, 0.2) is 23.0 Å². The largest absolute Gasteiger partial charge is 0.360 e. The molecule has 0 atom stereocenters. The number of anilines is 3. The van der Waals surface area contributed by atoms with Gasteiger partial charge in [0.15, 0.2) is 5.82 Å². The molecule has 0 unspecified atom stereocenters. The van der Waals surface area contributed by atoms with Crippen molar-refractivity contribution in [2.45, 2.75) is 19.8 Å². The Labute approximate surface area is 105 Å². The van der Waals surface area contributed by atoms with Crippen LogP contribution in [0.5, 0.6) is 0 Å². The van der Waals surface area contributed by atoms with Crippen molar-refractivity contribution in [2.75, 3.05) is 23.3 Å². The number of aryl methyl sites for hydroxylation is 1. The summed E-state index contributed by atoms with van der Waals surface area (Å²) in [6.45, 7) is 3.99. The fourth-order valence-corrected chi connectivity index (χ4v) is 2.09. The summed E-state index contributed by atoms with van der Waals surface area (Å²) >= 11 is 0. The van der Waals surface area contributed by atoms with Crippen LogP contribution in [0.4, 0.5) is 17.5 Å². The Morgan fingerprint density at radius 2 is 2.00 bits per heavy atom. The minimum Gasteiger partial charge on any atom is -0.360 e. The quantitative estimate of drug-likeness (QED) is 0.893. The molecule has 18 heavy (non-hydrogen) atoms. The average Bonchev–Trinajstić information content (AvgIpc) is 3.01. The van der Waals surface area contributed by atoms with Gasteiger partial charge in [-0.25, -0.2) is 9.97 Å². The first kappa shape index (κ1) is 11.0. The van der Waals surface area contributed by atoms with E-state index >= 15 is 0 Å². The van der Waals surface area contributed by atoms with E-state index in [9.17, 15) is 0 Å². The molecule has 6 nitrogen and oxygen atoms in total. The van der Waals surface area contributed by atoms with Crippen LogP contribution in [0, 0.1) is 6.92 Å². The highest BCUT2D eigenvalue weighted by molar-refractivity contribution is 5.56. The van der Waals surface area contributed by atoms with Crippen molar-refractivity contribution in [3.05, 3.63) is 24.2 Å². The second kappa shape index (κ2) is 4.64. The van der Waals surface area contributed by atoms with Crippen molar-refractivity contribution < 1.29 is 4.52 Å². The van der Waals surface area contributed by atoms with Gasteiger partial charge in [-0.1, -0.05) is 5.16 Å². The third kappa shape index (κ3) is 2.27. The Kier molecular flexibility index (Phi) is 2.84. The summed E-state index contributed by atoms with van der Waals surface area (Å²) in [5.74, 6) is 3.13. The maximum absolute atomic E-state index is 5.00. The van der Waals surface area contributed by atoms with Gasteiger partial charge in [0, 0.05) is 25.2 Å². The molecule has 6 heteroatoms. The fourth-order valence-electron chi connectivity index (χ4n) is 2.09. The summed E-state index contributed by atoms with van der Waals surface area (Å²) in [5, 5.41) is 6.98. The molecule has 3 heterocycles. The lowest BCUT2D eigenvalue weighted by Crippen LogP contribution is -2.19. The Hall–Kier alpha value is -2.11. The van der Waals surface area contributed by atoms with Crippen LogP contribution in [-0.2, 0) is 0 Å². The molecule has 0 radical (unpaired) electrons. The molecule has 1 fully saturated rings. The van der Waals surface area contributed by atoms with Gasteiger partial charge in [0.1, 0.15) is 23.7 Å². The van der Waals surface area contributed by atoms with Gasteiger partial charge >= 0.3 is 0 Å². The molecule has 2 aromatic rings. The average molecular weight is 245 g/mol. The fraction of sp³-hybridized carbons (Fsp3) is 0.417. The normalized spacial score (nSPS) is 15.1. The first-order valence-electron chi connectivity index (χ1n) is 6.08. The van der Waals surface area contributed by atoms with Crippen molar-refractivity contribution in [1.82, 2.24) is 15.1 Å². The molecule has 1 aliphatic heterocycles. The first-order chi connectivity index (χ1) is 8.81. The van der Waals surface area contributed by atoms with Gasteiger partial charge in [-0.05, 0) is 19.8 Å². The smallest absolute Gasteiger partial charge is 0.175 e. The minimum atomic E-state index is 0.665. The highest BCUT2D eigenvalue weighted by atomic mass is 16.5. The Morgan fingerprint density at radius 1 is 1.17 bits per heavy atom. The van der Waals surface area contributed by atoms with E-state index in [2.05, 4.69) is 25.3 Å². The summed E-state index contributed by atoms with van der Waals surface area (Å²) in [7, 11) is 0. The van der Waals surface area contributed by atoms with Crippen LogP contribution < -0.4 is 10.2 Å². The van der Waals surface area contributed by atoms with Crippen molar-refractivity contribution in [3.8, 4) is 0 Å². The molecule has 1 saturated heterocycles. The van der Waals surface area contributed by atoms with E-state index in [0.717, 1.165) is 30.5 Å². The number of aromatic nitrogens is 3. The molecule has 2 aromatic heterocycles. The number of nitrogens with zero attached hydrogens (tertiary/aromatic N) is 4. The van der Waals surface area contributed by atoms with Crippen LogP contribution in [0.3, 0.4) is 0 Å². The van der Waals surface area contributed by atoms with Crippen LogP contribution in [0.25, 0.3) is 0 Å². The van der Waals surface area contributed by atoms with Crippen molar-refractivity contribution in [3.63, 3.8) is 0 Å². The van der Waals surface area contributed by atoms with Gasteiger partial charge in [0.2, 0.25) is 0 Å². The SMILES string of the molecule is Cc1cc(Nc2cc(N3CCCC3)ncn2)no1. The summed E-state index contributed by atoms with van der Waals surface area (Å²) in [4.78, 5) is 10.7. The lowest BCUT2D eigenvalue weighted by molar-refractivity contribution is 0.400. The van der Waals surface area contributed by atoms with Crippen LogP contribution in [0.2, 0.25) is 0 Å². The van der Waals surface area contributed by atoms with E-state index in [1.165, 1.54) is 12.8 Å². The molecule has 0 amide bonds. The second-order valence-corrected chi connectivity index (χ2v) is 4.40. The summed E-state index contributed by atoms with van der Waals surface area (Å²) < 4.78 is 5.00. The van der Waals surface area contributed by atoms with Crippen molar-refractivity contribution >= 4 is 17.5 Å². The van der Waals surface area contributed by atoms with Crippen LogP contribution >= 0.6 is 0 Å². The highest BCUT2D eigenvalue weighted by Crippen LogP contribution is 2.21. The zero-order chi connectivity index (χ0) is 12.4. The lowest BCUT2D eigenvalue weighted by Gasteiger charge is -2.16. The van der Waals surface area contributed by atoms with E-state index in [-0.39, 0.29) is 0 Å². The van der Waals surface area contributed by atoms with Gasteiger partial charge < -0.3 is 14.7 Å². The maximum atomic E-state index is 5.00. The first-order valence-corrected chi connectivity index (χ1v) is 6.08. The number of rotatable bonds is 3. The van der Waals surface area contributed by atoms with E-state index in [1.54, 1.807) is 6.33 Å². The highest BCUT2D eigenvalue weighted by Gasteiger charge is 2.14. The maximum Gasteiger partial charge on any atom is 0.175 e. The molecule has 0 aromatic carbocycles. The number of nitrogens with one attached hydrogen (secondary N) is 1. The Bertz CT molecular complexity index is 533. The molecule has 0 bridgehead atoms. The summed E-state index contributed by atoms with van der Waals surface area (Å²) in [5.41, 5.74) is 0. The summed E-state index contributed by atoms with van der Waals surface area (Å²) in [6, 6.07) is 3.77. The van der Waals surface area contributed by atoms with Crippen molar-refractivity contribution in [1.29, 1.82) is 0 Å². The number of hydrogen-bond donors (Lipinski definition) is 1. The molecule has 0 saturated carbocycles. The zero-order valence-corrected chi connectivity index (χ0v) is 10.3. The predicted octanol–water partition coefficient (Wildman–Crippen LogP) is 2.12. The molecule has 94 valence electrons. The molecule has 1 aliphatic rings. The number of hydrogen-bond acceptors (Lipinski definition) is 6. The Balaban J connectivity index is 1.78. The third-order valence-electron chi connectivity index (χ3n) is 2.97. The van der Waals surface area contributed by atoms with E-state index in [0.29, 0.717) is 5.82 Å². The molecular weight excluding hydrogens is 230 g/mol. The molecule has 1 N–H and O–H groups in total. The lowest BCUT2D eigenvalue weighted by atomic mass is 10.4. The molecular formula is C12H15N5O. The Morgan fingerprint density at radius 3 is 2.72 bits per heavy atom. The van der Waals surface area contributed by atoms with Gasteiger partial charge in [-0.15, -0.1) is 0 Å². The van der Waals surface area contributed by atoms with E-state index in [4.69, 9.17) is 4.52 Å².